The fourth-order valence-electron chi connectivity index (χ4n) is 1.36. The van der Waals surface area contributed by atoms with Gasteiger partial charge in [0.15, 0.2) is 11.6 Å². The number of anilines is 1. The van der Waals surface area contributed by atoms with Crippen LogP contribution < -0.4 is 10.6 Å². The maximum Gasteiger partial charge on any atom is 0.319 e. The Morgan fingerprint density at radius 1 is 1.30 bits per heavy atom. The third-order valence-electron chi connectivity index (χ3n) is 2.23. The van der Waals surface area contributed by atoms with Crippen LogP contribution in [0.15, 0.2) is 12.1 Å². The summed E-state index contributed by atoms with van der Waals surface area (Å²) in [5.74, 6) is -1.90. The number of ether oxygens (including phenoxy) is 1. The Morgan fingerprint density at radius 3 is 2.55 bits per heavy atom. The van der Waals surface area contributed by atoms with Crippen molar-refractivity contribution in [1.82, 2.24) is 5.32 Å². The summed E-state index contributed by atoms with van der Waals surface area (Å²) < 4.78 is 31.8. The predicted octanol–water partition coefficient (Wildman–Crippen LogP) is 2.14. The minimum absolute atomic E-state index is 0.0664. The highest BCUT2D eigenvalue weighted by Gasteiger charge is 2.13. The van der Waals surface area contributed by atoms with Gasteiger partial charge in [0.25, 0.3) is 0 Å². The molecular weight excluding hydrogens is 294 g/mol. The lowest BCUT2D eigenvalue weighted by Crippen LogP contribution is -2.30. The maximum atomic E-state index is 13.4. The predicted molar refractivity (Wildman–Crippen MR) is 70.9 cm³/mol. The summed E-state index contributed by atoms with van der Waals surface area (Å²) in [6, 6.07) is 1.08. The fourth-order valence-corrected chi connectivity index (χ4v) is 1.55. The van der Waals surface area contributed by atoms with Crippen molar-refractivity contribution in [2.45, 2.75) is 6.42 Å². The van der Waals surface area contributed by atoms with Gasteiger partial charge in [0.05, 0.1) is 13.2 Å². The Hall–Kier alpha value is -1.44. The number of urea groups is 1. The van der Waals surface area contributed by atoms with Crippen LogP contribution in [-0.4, -0.2) is 37.5 Å². The number of hydrogen-bond donors (Lipinski definition) is 3. The van der Waals surface area contributed by atoms with Crippen LogP contribution >= 0.6 is 11.6 Å². The zero-order valence-electron chi connectivity index (χ0n) is 10.6. The topological polar surface area (TPSA) is 70.6 Å². The number of amides is 2. The molecule has 0 atom stereocenters. The van der Waals surface area contributed by atoms with Gasteiger partial charge < -0.3 is 20.5 Å². The van der Waals surface area contributed by atoms with Crippen LogP contribution in [0.5, 0.6) is 0 Å². The van der Waals surface area contributed by atoms with Crippen LogP contribution in [0.2, 0.25) is 5.02 Å². The molecule has 2 amide bonds. The Labute approximate surface area is 119 Å². The van der Waals surface area contributed by atoms with Gasteiger partial charge in [0.1, 0.15) is 5.69 Å². The summed E-state index contributed by atoms with van der Waals surface area (Å²) in [5.41, 5.74) is -0.552. The quantitative estimate of drug-likeness (QED) is 0.676. The normalized spacial score (nSPS) is 10.4. The lowest BCUT2D eigenvalue weighted by molar-refractivity contribution is 0.0910. The number of carbonyl (C=O) groups is 1. The summed E-state index contributed by atoms with van der Waals surface area (Å²) >= 11 is 5.46. The van der Waals surface area contributed by atoms with Crippen molar-refractivity contribution in [3.05, 3.63) is 28.8 Å². The van der Waals surface area contributed by atoms with E-state index in [1.807, 2.05) is 0 Å². The Balaban J connectivity index is 2.36. The van der Waals surface area contributed by atoms with Gasteiger partial charge in [-0.2, -0.15) is 0 Å². The molecule has 8 heteroatoms. The molecule has 0 aromatic heterocycles. The van der Waals surface area contributed by atoms with Crippen molar-refractivity contribution in [3.63, 3.8) is 0 Å². The maximum absolute atomic E-state index is 13.4. The molecule has 3 N–H and O–H groups in total. The van der Waals surface area contributed by atoms with Crippen molar-refractivity contribution in [3.8, 4) is 0 Å². The summed E-state index contributed by atoms with van der Waals surface area (Å²) in [6.45, 7) is 0.801. The average molecular weight is 309 g/mol. The second kappa shape index (κ2) is 8.68. The van der Waals surface area contributed by atoms with Gasteiger partial charge in [-0.15, -0.1) is 0 Å². The van der Waals surface area contributed by atoms with E-state index in [-0.39, 0.29) is 24.8 Å². The van der Waals surface area contributed by atoms with E-state index in [1.54, 1.807) is 0 Å². The molecule has 0 unspecified atom stereocenters. The second-order valence-corrected chi connectivity index (χ2v) is 4.25. The van der Waals surface area contributed by atoms with E-state index in [4.69, 9.17) is 21.4 Å². The number of halogens is 3. The number of aliphatic hydroxyl groups is 1. The third kappa shape index (κ3) is 5.68. The lowest BCUT2D eigenvalue weighted by Gasteiger charge is -2.09. The summed E-state index contributed by atoms with van der Waals surface area (Å²) in [5, 5.41) is 12.9. The number of hydrogen-bond acceptors (Lipinski definition) is 3. The monoisotopic (exact) mass is 308 g/mol. The van der Waals surface area contributed by atoms with Gasteiger partial charge in [0.2, 0.25) is 0 Å². The largest absolute Gasteiger partial charge is 0.394 e. The smallest absolute Gasteiger partial charge is 0.319 e. The van der Waals surface area contributed by atoms with E-state index in [0.717, 1.165) is 12.1 Å². The van der Waals surface area contributed by atoms with E-state index >= 15 is 0 Å². The standard InChI is InChI=1S/C12H15ClF2N2O3/c13-8-6-9(14)11(10(15)7-8)17-12(19)16-2-1-4-20-5-3-18/h6-7,18H,1-5H2,(H2,16,17,19). The molecule has 0 spiro atoms. The van der Waals surface area contributed by atoms with Gasteiger partial charge in [-0.3, -0.25) is 0 Å². The van der Waals surface area contributed by atoms with Crippen LogP contribution in [0.25, 0.3) is 0 Å². The number of carbonyl (C=O) groups excluding carboxylic acids is 1. The molecule has 20 heavy (non-hydrogen) atoms. The first kappa shape index (κ1) is 16.6. The first-order chi connectivity index (χ1) is 9.54. The number of benzene rings is 1. The van der Waals surface area contributed by atoms with E-state index in [0.29, 0.717) is 13.0 Å². The fraction of sp³-hybridized carbons (Fsp3) is 0.417. The van der Waals surface area contributed by atoms with Gasteiger partial charge in [-0.1, -0.05) is 11.6 Å². The highest BCUT2D eigenvalue weighted by Crippen LogP contribution is 2.23. The van der Waals surface area contributed by atoms with Crippen molar-refractivity contribution >= 4 is 23.3 Å². The van der Waals surface area contributed by atoms with Crippen molar-refractivity contribution in [2.75, 3.05) is 31.7 Å². The Kier molecular flexibility index (Phi) is 7.21. The molecule has 1 aromatic rings. The molecule has 0 radical (unpaired) electrons. The molecule has 0 aliphatic heterocycles. The molecule has 0 saturated carbocycles. The first-order valence-corrected chi connectivity index (χ1v) is 6.30. The molecule has 5 nitrogen and oxygen atoms in total. The van der Waals surface area contributed by atoms with Crippen molar-refractivity contribution in [2.24, 2.45) is 0 Å². The van der Waals surface area contributed by atoms with E-state index in [1.165, 1.54) is 0 Å². The zero-order chi connectivity index (χ0) is 15.0. The van der Waals surface area contributed by atoms with Gasteiger partial charge in [-0.25, -0.2) is 13.6 Å². The molecule has 1 rings (SSSR count). The second-order valence-electron chi connectivity index (χ2n) is 3.81. The van der Waals surface area contributed by atoms with Crippen molar-refractivity contribution in [1.29, 1.82) is 0 Å². The molecule has 1 aromatic carbocycles. The molecule has 0 bridgehead atoms. The summed E-state index contributed by atoms with van der Waals surface area (Å²) in [6.07, 6.45) is 0.513. The molecule has 0 saturated heterocycles. The minimum Gasteiger partial charge on any atom is -0.394 e. The Morgan fingerprint density at radius 2 is 1.95 bits per heavy atom. The SMILES string of the molecule is O=C(NCCCOCCO)Nc1c(F)cc(Cl)cc1F. The summed E-state index contributed by atoms with van der Waals surface area (Å²) in [4.78, 5) is 11.4. The number of aliphatic hydroxyl groups excluding tert-OH is 1. The molecule has 0 fully saturated rings. The highest BCUT2D eigenvalue weighted by molar-refractivity contribution is 6.30. The van der Waals surface area contributed by atoms with Crippen LogP contribution in [0.3, 0.4) is 0 Å². The number of nitrogens with one attached hydrogen (secondary N) is 2. The zero-order valence-corrected chi connectivity index (χ0v) is 11.3. The van der Waals surface area contributed by atoms with Gasteiger partial charge in [0, 0.05) is 18.2 Å². The number of rotatable bonds is 7. The molecule has 0 aliphatic rings. The molecular formula is C12H15ClF2N2O3. The van der Waals surface area contributed by atoms with E-state index in [9.17, 15) is 13.6 Å². The molecule has 112 valence electrons. The third-order valence-corrected chi connectivity index (χ3v) is 2.45. The average Bonchev–Trinajstić information content (AvgIpc) is 2.38. The van der Waals surface area contributed by atoms with Gasteiger partial charge in [-0.05, 0) is 18.6 Å². The molecule has 0 heterocycles. The first-order valence-electron chi connectivity index (χ1n) is 5.92. The van der Waals surface area contributed by atoms with Crippen LogP contribution in [-0.2, 0) is 4.74 Å². The Bertz CT molecular complexity index is 437. The van der Waals surface area contributed by atoms with Crippen LogP contribution in [0.4, 0.5) is 19.3 Å². The van der Waals surface area contributed by atoms with E-state index in [2.05, 4.69) is 10.6 Å². The minimum atomic E-state index is -0.948. The van der Waals surface area contributed by atoms with E-state index < -0.39 is 23.4 Å². The van der Waals surface area contributed by atoms with Crippen molar-refractivity contribution < 1.29 is 23.4 Å². The summed E-state index contributed by atoms with van der Waals surface area (Å²) in [7, 11) is 0. The molecule has 0 aliphatic carbocycles. The lowest BCUT2D eigenvalue weighted by atomic mass is 10.3. The van der Waals surface area contributed by atoms with Crippen LogP contribution in [0, 0.1) is 11.6 Å². The van der Waals surface area contributed by atoms with Crippen LogP contribution in [0.1, 0.15) is 6.42 Å². The van der Waals surface area contributed by atoms with Gasteiger partial charge >= 0.3 is 6.03 Å². The highest BCUT2D eigenvalue weighted by atomic mass is 35.5.